The average molecular weight is 594 g/mol. The number of hydrogen-bond acceptors (Lipinski definition) is 7. The molecule has 2 aromatic carbocycles. The molecular weight excluding hydrogens is 554 g/mol. The summed E-state index contributed by atoms with van der Waals surface area (Å²) in [5.74, 6) is 0.189. The average Bonchev–Trinajstić information content (AvgIpc) is 3.75. The number of ether oxygens (including phenoxy) is 3. The van der Waals surface area contributed by atoms with Gasteiger partial charge in [0.05, 0.1) is 46.9 Å². The van der Waals surface area contributed by atoms with Gasteiger partial charge in [-0.3, -0.25) is 14.5 Å². The quantitative estimate of drug-likeness (QED) is 0.474. The minimum Gasteiger partial charge on any atom is -0.497 e. The molecule has 0 bridgehead atoms. The van der Waals surface area contributed by atoms with Crippen molar-refractivity contribution in [1.82, 2.24) is 4.90 Å². The molecule has 2 N–H and O–H groups in total. The van der Waals surface area contributed by atoms with Crippen molar-refractivity contribution in [3.63, 3.8) is 0 Å². The molecule has 1 spiro atoms. The first-order chi connectivity index (χ1) is 20.1. The van der Waals surface area contributed by atoms with Crippen molar-refractivity contribution in [2.75, 3.05) is 43.6 Å². The van der Waals surface area contributed by atoms with Crippen molar-refractivity contribution < 1.29 is 33.7 Å². The highest BCUT2D eigenvalue weighted by molar-refractivity contribution is 6.91. The molecule has 3 fully saturated rings. The lowest BCUT2D eigenvalue weighted by Gasteiger charge is -2.37. The number of benzene rings is 2. The van der Waals surface area contributed by atoms with Crippen molar-refractivity contribution in [3.05, 3.63) is 48.0 Å². The highest BCUT2D eigenvalue weighted by Gasteiger charge is 2.65. The zero-order chi connectivity index (χ0) is 29.8. The summed E-state index contributed by atoms with van der Waals surface area (Å²) in [5, 5.41) is 14.1. The topological polar surface area (TPSA) is 118 Å². The standard InChI is InChI=1S/C31H39N3O7Si/c1-19-28(42(3,4)23-10-8-22(39-2)9-11-23)26(17-27(36)33-13-5-6-21(33)18-35)41-31(19)24-16-20(34-14-15-40-30(34)38)7-12-25(24)32-29(31)37/h7-12,16,19,21,26,28,35H,5-6,13-15,17-18H2,1-4H3,(H,32,37)/t19-,21+,26+,28-,31+/m1/s1. The summed E-state index contributed by atoms with van der Waals surface area (Å²) in [6, 6.07) is 13.4. The van der Waals surface area contributed by atoms with Gasteiger partial charge >= 0.3 is 6.09 Å². The molecule has 4 heterocycles. The molecule has 0 aliphatic carbocycles. The summed E-state index contributed by atoms with van der Waals surface area (Å²) >= 11 is 0. The maximum absolute atomic E-state index is 14.0. The molecule has 3 amide bonds. The number of methoxy groups -OCH3 is 1. The molecule has 0 saturated carbocycles. The van der Waals surface area contributed by atoms with Gasteiger partial charge in [0, 0.05) is 29.4 Å². The lowest BCUT2D eigenvalue weighted by molar-refractivity contribution is -0.148. The normalized spacial score (nSPS) is 28.8. The van der Waals surface area contributed by atoms with Crippen LogP contribution >= 0.6 is 0 Å². The summed E-state index contributed by atoms with van der Waals surface area (Å²) in [5.41, 5.74) is 0.572. The molecule has 5 atom stereocenters. The van der Waals surface area contributed by atoms with E-state index in [4.69, 9.17) is 14.2 Å². The molecule has 4 aliphatic rings. The highest BCUT2D eigenvalue weighted by Crippen LogP contribution is 2.59. The van der Waals surface area contributed by atoms with E-state index in [-0.39, 0.29) is 42.3 Å². The molecule has 224 valence electrons. The van der Waals surface area contributed by atoms with E-state index in [0.29, 0.717) is 36.6 Å². The van der Waals surface area contributed by atoms with E-state index in [1.807, 2.05) is 24.3 Å². The first-order valence-corrected chi connectivity index (χ1v) is 17.8. The van der Waals surface area contributed by atoms with Crippen LogP contribution in [0.25, 0.3) is 0 Å². The Labute approximate surface area is 246 Å². The van der Waals surface area contributed by atoms with Crippen molar-refractivity contribution >= 4 is 42.5 Å². The fraction of sp³-hybridized carbons (Fsp3) is 0.516. The number of likely N-dealkylation sites (tertiary alicyclic amines) is 1. The van der Waals surface area contributed by atoms with E-state index in [1.54, 1.807) is 23.0 Å². The van der Waals surface area contributed by atoms with Crippen LogP contribution in [0.1, 0.15) is 31.7 Å². The van der Waals surface area contributed by atoms with Crippen LogP contribution in [0.3, 0.4) is 0 Å². The molecule has 11 heteroatoms. The molecule has 10 nitrogen and oxygen atoms in total. The second-order valence-electron chi connectivity index (χ2n) is 12.4. The van der Waals surface area contributed by atoms with E-state index in [1.165, 1.54) is 5.19 Å². The number of hydrogen-bond donors (Lipinski definition) is 2. The monoisotopic (exact) mass is 593 g/mol. The lowest BCUT2D eigenvalue weighted by Crippen LogP contribution is -2.52. The van der Waals surface area contributed by atoms with E-state index in [9.17, 15) is 19.5 Å². The second-order valence-corrected chi connectivity index (χ2v) is 17.1. The number of carbonyl (C=O) groups excluding carboxylic acids is 3. The molecule has 4 aliphatic heterocycles. The Bertz CT molecular complexity index is 1400. The predicted octanol–water partition coefficient (Wildman–Crippen LogP) is 3.19. The van der Waals surface area contributed by atoms with Gasteiger partial charge in [-0.2, -0.15) is 0 Å². The van der Waals surface area contributed by atoms with Gasteiger partial charge in [-0.15, -0.1) is 0 Å². The van der Waals surface area contributed by atoms with Gasteiger partial charge in [0.15, 0.2) is 5.60 Å². The number of aliphatic hydroxyl groups is 1. The molecule has 3 saturated heterocycles. The van der Waals surface area contributed by atoms with Crippen LogP contribution in [0, 0.1) is 5.92 Å². The SMILES string of the molecule is COc1ccc([Si](C)(C)[C@H]2[C@H](CC(=O)N3CCC[C@H]3CO)O[C@@]3(C(=O)Nc4ccc(N5CCOC5=O)cc43)[C@@H]2C)cc1. The fourth-order valence-corrected chi connectivity index (χ4v) is 11.8. The van der Waals surface area contributed by atoms with Gasteiger partial charge in [0.25, 0.3) is 5.91 Å². The Morgan fingerprint density at radius 2 is 1.93 bits per heavy atom. The third-order valence-corrected chi connectivity index (χ3v) is 14.3. The zero-order valence-electron chi connectivity index (χ0n) is 24.6. The molecular formula is C31H39N3O7Si. The van der Waals surface area contributed by atoms with Gasteiger partial charge in [-0.25, -0.2) is 4.79 Å². The van der Waals surface area contributed by atoms with Crippen molar-refractivity contribution in [2.45, 2.75) is 62.6 Å². The fourth-order valence-electron chi connectivity index (χ4n) is 7.76. The molecule has 42 heavy (non-hydrogen) atoms. The van der Waals surface area contributed by atoms with Crippen molar-refractivity contribution in [1.29, 1.82) is 0 Å². The van der Waals surface area contributed by atoms with Crippen molar-refractivity contribution in [3.8, 4) is 5.75 Å². The Hall–Kier alpha value is -3.41. The molecule has 2 aromatic rings. The van der Waals surface area contributed by atoms with Gasteiger partial charge in [-0.1, -0.05) is 37.3 Å². The van der Waals surface area contributed by atoms with E-state index >= 15 is 0 Å². The minimum atomic E-state index is -2.40. The van der Waals surface area contributed by atoms with Crippen LogP contribution < -0.4 is 20.1 Å². The number of anilines is 2. The number of fused-ring (bicyclic) bond motifs is 2. The third kappa shape index (κ3) is 4.40. The smallest absolute Gasteiger partial charge is 0.414 e. The summed E-state index contributed by atoms with van der Waals surface area (Å²) in [6.45, 7) is 7.89. The largest absolute Gasteiger partial charge is 0.497 e. The number of amides is 3. The van der Waals surface area contributed by atoms with Crippen LogP contribution in [-0.4, -0.2) is 81.5 Å². The number of nitrogens with zero attached hydrogens (tertiary/aromatic N) is 2. The first kappa shape index (κ1) is 28.7. The van der Waals surface area contributed by atoms with Crippen LogP contribution in [-0.2, 0) is 24.7 Å². The highest BCUT2D eigenvalue weighted by atomic mass is 28.3. The maximum atomic E-state index is 14.0. The Morgan fingerprint density at radius 1 is 1.17 bits per heavy atom. The van der Waals surface area contributed by atoms with Gasteiger partial charge in [-0.05, 0) is 48.7 Å². The number of aliphatic hydroxyl groups excluding tert-OH is 1. The maximum Gasteiger partial charge on any atom is 0.414 e. The van der Waals surface area contributed by atoms with Crippen LogP contribution in [0.5, 0.6) is 5.75 Å². The first-order valence-electron chi connectivity index (χ1n) is 14.7. The number of rotatable bonds is 7. The molecule has 0 radical (unpaired) electrons. The van der Waals surface area contributed by atoms with Crippen LogP contribution in [0.15, 0.2) is 42.5 Å². The van der Waals surface area contributed by atoms with Gasteiger partial charge in [0.2, 0.25) is 5.91 Å². The van der Waals surface area contributed by atoms with Crippen LogP contribution in [0.2, 0.25) is 18.6 Å². The number of carbonyl (C=O) groups is 3. The lowest BCUT2D eigenvalue weighted by atomic mass is 9.82. The summed E-state index contributed by atoms with van der Waals surface area (Å²) in [6.07, 6.45) is 0.825. The van der Waals surface area contributed by atoms with Crippen molar-refractivity contribution in [2.24, 2.45) is 5.92 Å². The summed E-state index contributed by atoms with van der Waals surface area (Å²) in [4.78, 5) is 43.4. The predicted molar refractivity (Wildman–Crippen MR) is 160 cm³/mol. The van der Waals surface area contributed by atoms with Gasteiger partial charge < -0.3 is 29.5 Å². The third-order valence-electron chi connectivity index (χ3n) is 9.93. The molecule has 6 rings (SSSR count). The Balaban J connectivity index is 1.42. The van der Waals surface area contributed by atoms with Crippen LogP contribution in [0.4, 0.5) is 16.2 Å². The molecule has 0 unspecified atom stereocenters. The number of cyclic esters (lactones) is 1. The second kappa shape index (κ2) is 10.7. The van der Waals surface area contributed by atoms with E-state index < -0.39 is 25.9 Å². The Morgan fingerprint density at radius 3 is 2.60 bits per heavy atom. The molecule has 0 aromatic heterocycles. The number of nitrogens with one attached hydrogen (secondary N) is 1. The minimum absolute atomic E-state index is 0.0578. The van der Waals surface area contributed by atoms with E-state index in [0.717, 1.165) is 18.6 Å². The van der Waals surface area contributed by atoms with E-state index in [2.05, 4.69) is 37.5 Å². The zero-order valence-corrected chi connectivity index (χ0v) is 25.6. The Kier molecular flexibility index (Phi) is 7.31. The van der Waals surface area contributed by atoms with Gasteiger partial charge in [0.1, 0.15) is 12.4 Å². The summed E-state index contributed by atoms with van der Waals surface area (Å²) < 4.78 is 17.5. The summed E-state index contributed by atoms with van der Waals surface area (Å²) in [7, 11) is -0.761.